The summed E-state index contributed by atoms with van der Waals surface area (Å²) in [4.78, 5) is 10.4. The quantitative estimate of drug-likeness (QED) is 0.326. The number of nitrogens with one attached hydrogen (secondary N) is 1. The van der Waals surface area contributed by atoms with Gasteiger partial charge in [0.1, 0.15) is 6.21 Å². The highest BCUT2D eigenvalue weighted by Gasteiger charge is 1.91. The van der Waals surface area contributed by atoms with Crippen LogP contribution in [0.2, 0.25) is 0 Å². The van der Waals surface area contributed by atoms with Crippen LogP contribution in [0.15, 0.2) is 5.10 Å². The Labute approximate surface area is 53.9 Å². The largest absolute Gasteiger partial charge is 0.462 e. The summed E-state index contributed by atoms with van der Waals surface area (Å²) in [7, 11) is 1.61. The van der Waals surface area contributed by atoms with Crippen molar-refractivity contribution in [2.45, 2.75) is 6.92 Å². The second-order valence-corrected chi connectivity index (χ2v) is 1.23. The fourth-order valence-electron chi connectivity index (χ4n) is 0.297. The number of carbonyl (C=O) groups excluding carboxylic acids is 1. The number of rotatable bonds is 3. The van der Waals surface area contributed by atoms with Crippen molar-refractivity contribution in [1.82, 2.24) is 5.43 Å². The van der Waals surface area contributed by atoms with E-state index in [1.54, 1.807) is 14.0 Å². The van der Waals surface area contributed by atoms with E-state index in [1.807, 2.05) is 0 Å². The number of nitrogens with zero attached hydrogens (tertiary/aromatic N) is 1. The predicted octanol–water partition coefficient (Wildman–Crippen LogP) is -0.245. The van der Waals surface area contributed by atoms with Crippen LogP contribution in [0.1, 0.15) is 6.92 Å². The van der Waals surface area contributed by atoms with Crippen LogP contribution in [0.4, 0.5) is 0 Å². The average molecular weight is 130 g/mol. The normalized spacial score (nSPS) is 9.56. The summed E-state index contributed by atoms with van der Waals surface area (Å²) < 4.78 is 4.52. The van der Waals surface area contributed by atoms with Crippen molar-refractivity contribution in [3.05, 3.63) is 0 Å². The molecule has 0 unspecified atom stereocenters. The van der Waals surface area contributed by atoms with Gasteiger partial charge in [0.15, 0.2) is 0 Å². The van der Waals surface area contributed by atoms with Crippen molar-refractivity contribution < 1.29 is 9.53 Å². The van der Waals surface area contributed by atoms with Crippen LogP contribution in [-0.2, 0) is 9.53 Å². The molecule has 0 radical (unpaired) electrons. The lowest BCUT2D eigenvalue weighted by Crippen LogP contribution is -2.07. The van der Waals surface area contributed by atoms with Crippen LogP contribution in [0, 0.1) is 0 Å². The van der Waals surface area contributed by atoms with Crippen molar-refractivity contribution >= 4 is 12.2 Å². The molecule has 9 heavy (non-hydrogen) atoms. The minimum atomic E-state index is -0.424. The zero-order chi connectivity index (χ0) is 7.11. The highest BCUT2D eigenvalue weighted by atomic mass is 16.5. The Morgan fingerprint density at radius 3 is 3.00 bits per heavy atom. The molecule has 0 heterocycles. The maximum atomic E-state index is 10.4. The molecule has 0 aromatic rings. The minimum absolute atomic E-state index is 0.383. The van der Waals surface area contributed by atoms with Crippen molar-refractivity contribution in [2.24, 2.45) is 5.10 Å². The number of hydrogen-bond donors (Lipinski definition) is 1. The first-order valence-electron chi connectivity index (χ1n) is 2.67. The van der Waals surface area contributed by atoms with E-state index in [2.05, 4.69) is 15.3 Å². The Morgan fingerprint density at radius 2 is 2.56 bits per heavy atom. The summed E-state index contributed by atoms with van der Waals surface area (Å²) >= 11 is 0. The third kappa shape index (κ3) is 4.80. The highest BCUT2D eigenvalue weighted by molar-refractivity contribution is 6.23. The Bertz CT molecular complexity index is 112. The first-order valence-corrected chi connectivity index (χ1v) is 2.67. The monoisotopic (exact) mass is 130 g/mol. The topological polar surface area (TPSA) is 50.7 Å². The van der Waals surface area contributed by atoms with Gasteiger partial charge in [-0.25, -0.2) is 4.79 Å². The number of ether oxygens (including phenoxy) is 1. The van der Waals surface area contributed by atoms with E-state index in [9.17, 15) is 4.79 Å². The summed E-state index contributed by atoms with van der Waals surface area (Å²) in [5.74, 6) is -0.424. The highest BCUT2D eigenvalue weighted by Crippen LogP contribution is 1.70. The maximum absolute atomic E-state index is 10.4. The smallest absolute Gasteiger partial charge is 0.351 e. The van der Waals surface area contributed by atoms with Gasteiger partial charge < -0.3 is 10.2 Å². The van der Waals surface area contributed by atoms with Gasteiger partial charge in [0.25, 0.3) is 0 Å². The molecule has 0 saturated heterocycles. The fraction of sp³-hybridized carbons (Fsp3) is 0.600. The standard InChI is InChI=1S/C5H10N2O2/c1-3-9-5(8)4-7-6-2/h4,6H,3H2,1-2H3/b7-4-. The summed E-state index contributed by atoms with van der Waals surface area (Å²) in [6, 6.07) is 0. The molecule has 1 N–H and O–H groups in total. The first kappa shape index (κ1) is 7.94. The SMILES string of the molecule is CCOC(=O)/C=N\NC. The molecule has 0 saturated carbocycles. The van der Waals surface area contributed by atoms with E-state index in [-0.39, 0.29) is 0 Å². The number of esters is 1. The molecule has 0 fully saturated rings. The van der Waals surface area contributed by atoms with Gasteiger partial charge in [-0.05, 0) is 6.92 Å². The molecule has 0 aromatic heterocycles. The summed E-state index contributed by atoms with van der Waals surface area (Å²) in [5, 5.41) is 3.44. The number of hydrogen-bond acceptors (Lipinski definition) is 4. The van der Waals surface area contributed by atoms with Gasteiger partial charge in [-0.2, -0.15) is 5.10 Å². The van der Waals surface area contributed by atoms with Crippen LogP contribution >= 0.6 is 0 Å². The summed E-state index contributed by atoms with van der Waals surface area (Å²) in [6.45, 7) is 2.12. The van der Waals surface area contributed by atoms with E-state index in [1.165, 1.54) is 0 Å². The van der Waals surface area contributed by atoms with Crippen LogP contribution in [0.5, 0.6) is 0 Å². The average Bonchev–Trinajstić information content (AvgIpc) is 1.85. The molecule has 0 aliphatic carbocycles. The molecular formula is C5H10N2O2. The maximum Gasteiger partial charge on any atom is 0.351 e. The van der Waals surface area contributed by atoms with Crippen molar-refractivity contribution in [3.8, 4) is 0 Å². The zero-order valence-corrected chi connectivity index (χ0v) is 5.55. The van der Waals surface area contributed by atoms with Gasteiger partial charge in [0, 0.05) is 7.05 Å². The Hall–Kier alpha value is -1.06. The lowest BCUT2D eigenvalue weighted by molar-refractivity contribution is -0.134. The number of carbonyl (C=O) groups is 1. The van der Waals surface area contributed by atoms with Gasteiger partial charge >= 0.3 is 5.97 Å². The molecule has 0 spiro atoms. The molecule has 0 aliphatic heterocycles. The summed E-state index contributed by atoms with van der Waals surface area (Å²) in [5.41, 5.74) is 2.43. The van der Waals surface area contributed by atoms with E-state index in [0.717, 1.165) is 6.21 Å². The van der Waals surface area contributed by atoms with E-state index < -0.39 is 5.97 Å². The zero-order valence-electron chi connectivity index (χ0n) is 5.55. The van der Waals surface area contributed by atoms with Crippen LogP contribution in [-0.4, -0.2) is 25.8 Å². The van der Waals surface area contributed by atoms with Gasteiger partial charge in [-0.1, -0.05) is 0 Å². The van der Waals surface area contributed by atoms with Crippen LogP contribution in [0.25, 0.3) is 0 Å². The van der Waals surface area contributed by atoms with E-state index >= 15 is 0 Å². The fourth-order valence-corrected chi connectivity index (χ4v) is 0.297. The predicted molar refractivity (Wildman–Crippen MR) is 34.2 cm³/mol. The van der Waals surface area contributed by atoms with Crippen molar-refractivity contribution in [1.29, 1.82) is 0 Å². The second kappa shape index (κ2) is 5.08. The van der Waals surface area contributed by atoms with Crippen LogP contribution < -0.4 is 5.43 Å². The first-order chi connectivity index (χ1) is 4.31. The van der Waals surface area contributed by atoms with Crippen molar-refractivity contribution in [3.63, 3.8) is 0 Å². The third-order valence-electron chi connectivity index (χ3n) is 0.586. The molecule has 0 amide bonds. The molecule has 4 heteroatoms. The Kier molecular flexibility index (Phi) is 4.49. The molecule has 52 valence electrons. The van der Waals surface area contributed by atoms with Gasteiger partial charge in [-0.3, -0.25) is 0 Å². The minimum Gasteiger partial charge on any atom is -0.462 e. The van der Waals surface area contributed by atoms with E-state index in [0.29, 0.717) is 6.61 Å². The van der Waals surface area contributed by atoms with Crippen LogP contribution in [0.3, 0.4) is 0 Å². The van der Waals surface area contributed by atoms with Gasteiger partial charge in [0.2, 0.25) is 0 Å². The molecule has 0 atom stereocenters. The lowest BCUT2D eigenvalue weighted by Gasteiger charge is -1.92. The summed E-state index contributed by atoms with van der Waals surface area (Å²) in [6.07, 6.45) is 1.09. The van der Waals surface area contributed by atoms with Gasteiger partial charge in [-0.15, -0.1) is 0 Å². The lowest BCUT2D eigenvalue weighted by atomic mass is 10.7. The number of hydrazone groups is 1. The Balaban J connectivity index is 3.37. The Morgan fingerprint density at radius 1 is 1.89 bits per heavy atom. The molecule has 0 aliphatic rings. The molecular weight excluding hydrogens is 120 g/mol. The van der Waals surface area contributed by atoms with E-state index in [4.69, 9.17) is 0 Å². The third-order valence-corrected chi connectivity index (χ3v) is 0.586. The van der Waals surface area contributed by atoms with Gasteiger partial charge in [0.05, 0.1) is 6.61 Å². The molecule has 0 aromatic carbocycles. The van der Waals surface area contributed by atoms with Crippen molar-refractivity contribution in [2.75, 3.05) is 13.7 Å². The molecule has 0 rings (SSSR count). The second-order valence-electron chi connectivity index (χ2n) is 1.23. The molecule has 0 bridgehead atoms. The molecule has 4 nitrogen and oxygen atoms in total.